The number of carboxylic acid groups (broad SMARTS) is 1. The number of halogens is 1. The molecule has 2 aromatic rings. The highest BCUT2D eigenvalue weighted by Gasteiger charge is 2.44. The van der Waals surface area contributed by atoms with Gasteiger partial charge in [-0.3, -0.25) is 9.59 Å². The Balaban J connectivity index is 1.72. The Bertz CT molecular complexity index is 785. The minimum Gasteiger partial charge on any atom is -0.481 e. The molecule has 0 unspecified atom stereocenters. The summed E-state index contributed by atoms with van der Waals surface area (Å²) < 4.78 is 14.0. The first-order valence-corrected chi connectivity index (χ1v) is 8.34. The van der Waals surface area contributed by atoms with Gasteiger partial charge in [-0.25, -0.2) is 4.39 Å². The fraction of sp³-hybridized carbons (Fsp3) is 0.300. The zero-order valence-corrected chi connectivity index (χ0v) is 13.8. The highest BCUT2D eigenvalue weighted by Crippen LogP contribution is 2.44. The van der Waals surface area contributed by atoms with Gasteiger partial charge in [0, 0.05) is 5.69 Å². The second-order valence-electron chi connectivity index (χ2n) is 6.63. The van der Waals surface area contributed by atoms with Crippen LogP contribution in [0, 0.1) is 11.2 Å². The number of aliphatic carboxylic acids is 1. The lowest BCUT2D eigenvalue weighted by Gasteiger charge is -2.40. The maximum atomic E-state index is 14.0. The quantitative estimate of drug-likeness (QED) is 0.840. The average molecular weight is 341 g/mol. The topological polar surface area (TPSA) is 66.4 Å². The van der Waals surface area contributed by atoms with Crippen LogP contribution in [0.5, 0.6) is 0 Å². The maximum absolute atomic E-state index is 14.0. The molecule has 1 fully saturated rings. The van der Waals surface area contributed by atoms with E-state index in [2.05, 4.69) is 5.32 Å². The zero-order chi connectivity index (χ0) is 17.9. The highest BCUT2D eigenvalue weighted by molar-refractivity contribution is 5.96. The molecule has 3 rings (SSSR count). The van der Waals surface area contributed by atoms with Crippen LogP contribution >= 0.6 is 0 Å². The number of hydrogen-bond donors (Lipinski definition) is 2. The number of hydrogen-bond acceptors (Lipinski definition) is 2. The molecule has 0 atom stereocenters. The molecule has 5 heteroatoms. The van der Waals surface area contributed by atoms with Crippen molar-refractivity contribution in [3.8, 4) is 0 Å². The van der Waals surface area contributed by atoms with Gasteiger partial charge < -0.3 is 10.4 Å². The molecule has 1 aliphatic rings. The van der Waals surface area contributed by atoms with Gasteiger partial charge in [-0.05, 0) is 42.5 Å². The van der Waals surface area contributed by atoms with Crippen LogP contribution in [-0.4, -0.2) is 17.0 Å². The summed E-state index contributed by atoms with van der Waals surface area (Å²) in [6.07, 6.45) is 2.92. The monoisotopic (exact) mass is 341 g/mol. The number of carbonyl (C=O) groups excluding carboxylic acids is 1. The number of carbonyl (C=O) groups is 2. The molecule has 0 heterocycles. The van der Waals surface area contributed by atoms with Crippen LogP contribution in [0.3, 0.4) is 0 Å². The van der Waals surface area contributed by atoms with Crippen LogP contribution in [0.1, 0.15) is 30.4 Å². The summed E-state index contributed by atoms with van der Waals surface area (Å²) in [7, 11) is 0. The maximum Gasteiger partial charge on any atom is 0.307 e. The minimum atomic E-state index is -1.09. The second kappa shape index (κ2) is 7.05. The van der Waals surface area contributed by atoms with Crippen molar-refractivity contribution in [1.82, 2.24) is 0 Å². The van der Waals surface area contributed by atoms with Gasteiger partial charge in [-0.15, -0.1) is 0 Å². The average Bonchev–Trinajstić information content (AvgIpc) is 2.54. The van der Waals surface area contributed by atoms with E-state index in [1.165, 1.54) is 12.1 Å². The molecule has 0 radical (unpaired) electrons. The van der Waals surface area contributed by atoms with E-state index in [1.807, 2.05) is 30.3 Å². The Kier molecular flexibility index (Phi) is 4.83. The van der Waals surface area contributed by atoms with Gasteiger partial charge in [0.1, 0.15) is 5.82 Å². The third-order valence-corrected chi connectivity index (χ3v) is 4.83. The summed E-state index contributed by atoms with van der Waals surface area (Å²) in [6.45, 7) is 0. The van der Waals surface area contributed by atoms with Gasteiger partial charge in [0.15, 0.2) is 0 Å². The molecular weight excluding hydrogens is 321 g/mol. The number of nitrogens with one attached hydrogen (secondary N) is 1. The Morgan fingerprint density at radius 1 is 1.12 bits per heavy atom. The van der Waals surface area contributed by atoms with Crippen molar-refractivity contribution < 1.29 is 19.1 Å². The summed E-state index contributed by atoms with van der Waals surface area (Å²) >= 11 is 0. The third-order valence-electron chi connectivity index (χ3n) is 4.83. The molecule has 2 N–H and O–H groups in total. The molecule has 1 aliphatic carbocycles. The van der Waals surface area contributed by atoms with Crippen molar-refractivity contribution >= 4 is 17.6 Å². The molecule has 1 saturated carbocycles. The molecule has 130 valence electrons. The fourth-order valence-corrected chi connectivity index (χ4v) is 3.27. The number of rotatable bonds is 6. The van der Waals surface area contributed by atoms with E-state index >= 15 is 0 Å². The van der Waals surface area contributed by atoms with Crippen LogP contribution < -0.4 is 5.32 Å². The van der Waals surface area contributed by atoms with Crippen molar-refractivity contribution in [3.63, 3.8) is 0 Å². The molecule has 0 spiro atoms. The van der Waals surface area contributed by atoms with Gasteiger partial charge in [0.05, 0.1) is 11.8 Å². The number of amides is 1. The standard InChI is InChI=1S/C20H20FNO3/c21-17-12-16(8-7-15(17)11-18(23)24)22-19(25)20(9-4-10-20)13-14-5-2-1-3-6-14/h1-3,5-8,12H,4,9-11,13H2,(H,22,25)(H,23,24). The van der Waals surface area contributed by atoms with E-state index in [1.54, 1.807) is 6.07 Å². The van der Waals surface area contributed by atoms with E-state index in [0.717, 1.165) is 24.8 Å². The van der Waals surface area contributed by atoms with Crippen molar-refractivity contribution in [1.29, 1.82) is 0 Å². The number of anilines is 1. The van der Waals surface area contributed by atoms with E-state index in [0.29, 0.717) is 12.1 Å². The molecule has 25 heavy (non-hydrogen) atoms. The number of benzene rings is 2. The van der Waals surface area contributed by atoms with E-state index < -0.39 is 17.2 Å². The number of carboxylic acids is 1. The SMILES string of the molecule is O=C(O)Cc1ccc(NC(=O)C2(Cc3ccccc3)CCC2)cc1F. The smallest absolute Gasteiger partial charge is 0.307 e. The van der Waals surface area contributed by atoms with Crippen LogP contribution in [-0.2, 0) is 22.4 Å². The molecular formula is C20H20FNO3. The first-order valence-electron chi connectivity index (χ1n) is 8.34. The van der Waals surface area contributed by atoms with Gasteiger partial charge in [-0.1, -0.05) is 42.8 Å². The third kappa shape index (κ3) is 3.87. The molecule has 0 aliphatic heterocycles. The van der Waals surface area contributed by atoms with Crippen molar-refractivity contribution in [2.45, 2.75) is 32.1 Å². The van der Waals surface area contributed by atoms with Crippen LogP contribution in [0.4, 0.5) is 10.1 Å². The summed E-state index contributed by atoms with van der Waals surface area (Å²) in [5, 5.41) is 11.6. The van der Waals surface area contributed by atoms with Crippen LogP contribution in [0.25, 0.3) is 0 Å². The summed E-state index contributed by atoms with van der Waals surface area (Å²) in [5.74, 6) is -1.81. The Morgan fingerprint density at radius 3 is 2.40 bits per heavy atom. The predicted octanol–water partition coefficient (Wildman–Crippen LogP) is 3.80. The Hall–Kier alpha value is -2.69. The normalized spacial score (nSPS) is 15.2. The summed E-state index contributed by atoms with van der Waals surface area (Å²) in [4.78, 5) is 23.5. The first kappa shape index (κ1) is 17.1. The summed E-state index contributed by atoms with van der Waals surface area (Å²) in [5.41, 5.74) is 1.13. The van der Waals surface area contributed by atoms with Crippen molar-refractivity contribution in [3.05, 3.63) is 65.5 Å². The van der Waals surface area contributed by atoms with Gasteiger partial charge in [0.2, 0.25) is 5.91 Å². The van der Waals surface area contributed by atoms with Crippen LogP contribution in [0.2, 0.25) is 0 Å². The fourth-order valence-electron chi connectivity index (χ4n) is 3.27. The summed E-state index contributed by atoms with van der Waals surface area (Å²) in [6, 6.07) is 14.0. The van der Waals surface area contributed by atoms with Crippen LogP contribution in [0.15, 0.2) is 48.5 Å². The van der Waals surface area contributed by atoms with Gasteiger partial charge in [-0.2, -0.15) is 0 Å². The molecule has 0 bridgehead atoms. The lowest BCUT2D eigenvalue weighted by atomic mass is 9.64. The Labute approximate surface area is 145 Å². The lowest BCUT2D eigenvalue weighted by Crippen LogP contribution is -2.43. The van der Waals surface area contributed by atoms with E-state index in [9.17, 15) is 14.0 Å². The molecule has 0 aromatic heterocycles. The van der Waals surface area contributed by atoms with E-state index in [-0.39, 0.29) is 17.9 Å². The zero-order valence-electron chi connectivity index (χ0n) is 13.8. The molecule has 2 aromatic carbocycles. The van der Waals surface area contributed by atoms with E-state index in [4.69, 9.17) is 5.11 Å². The van der Waals surface area contributed by atoms with Gasteiger partial charge >= 0.3 is 5.97 Å². The largest absolute Gasteiger partial charge is 0.481 e. The molecule has 4 nitrogen and oxygen atoms in total. The predicted molar refractivity (Wildman–Crippen MR) is 92.8 cm³/mol. The highest BCUT2D eigenvalue weighted by atomic mass is 19.1. The lowest BCUT2D eigenvalue weighted by molar-refractivity contribution is -0.136. The molecule has 1 amide bonds. The Morgan fingerprint density at radius 2 is 1.84 bits per heavy atom. The second-order valence-corrected chi connectivity index (χ2v) is 6.63. The minimum absolute atomic E-state index is 0.104. The van der Waals surface area contributed by atoms with Crippen molar-refractivity contribution in [2.24, 2.45) is 5.41 Å². The first-order chi connectivity index (χ1) is 12.0. The van der Waals surface area contributed by atoms with Crippen molar-refractivity contribution in [2.75, 3.05) is 5.32 Å². The molecule has 0 saturated heterocycles. The van der Waals surface area contributed by atoms with Gasteiger partial charge in [0.25, 0.3) is 0 Å².